The van der Waals surface area contributed by atoms with Crippen molar-refractivity contribution >= 4 is 45.5 Å². The second kappa shape index (κ2) is 9.60. The van der Waals surface area contributed by atoms with Gasteiger partial charge in [0, 0.05) is 41.1 Å². The molecule has 9 heteroatoms. The Hall–Kier alpha value is -3.18. The van der Waals surface area contributed by atoms with Crippen molar-refractivity contribution in [3.8, 4) is 6.07 Å². The zero-order valence-electron chi connectivity index (χ0n) is 20.6. The molecule has 3 aliphatic rings. The summed E-state index contributed by atoms with van der Waals surface area (Å²) in [7, 11) is 0. The summed E-state index contributed by atoms with van der Waals surface area (Å²) in [6.07, 6.45) is 9.67. The maximum atomic E-state index is 9.84. The number of hydrogen-bond donors (Lipinski definition) is 4. The third kappa shape index (κ3) is 4.77. The predicted molar refractivity (Wildman–Crippen MR) is 149 cm³/mol. The largest absolute Gasteiger partial charge is 0.383 e. The van der Waals surface area contributed by atoms with Gasteiger partial charge in [0.05, 0.1) is 33.5 Å². The van der Waals surface area contributed by atoms with Crippen LogP contribution in [0.15, 0.2) is 54.5 Å². The third-order valence-corrected chi connectivity index (χ3v) is 8.32. The molecule has 1 aliphatic heterocycles. The number of pyridine rings is 1. The van der Waals surface area contributed by atoms with E-state index in [9.17, 15) is 5.26 Å². The molecule has 2 saturated carbocycles. The van der Waals surface area contributed by atoms with Crippen molar-refractivity contribution in [1.29, 1.82) is 5.26 Å². The quantitative estimate of drug-likeness (QED) is 0.263. The van der Waals surface area contributed by atoms with E-state index in [-0.39, 0.29) is 11.5 Å². The van der Waals surface area contributed by atoms with Crippen molar-refractivity contribution in [3.63, 3.8) is 0 Å². The van der Waals surface area contributed by atoms with Crippen molar-refractivity contribution in [3.05, 3.63) is 75.7 Å². The van der Waals surface area contributed by atoms with E-state index in [4.69, 9.17) is 23.2 Å². The minimum atomic E-state index is -0.254. The molecule has 1 unspecified atom stereocenters. The van der Waals surface area contributed by atoms with E-state index in [1.165, 1.54) is 32.1 Å². The van der Waals surface area contributed by atoms with Gasteiger partial charge in [-0.05, 0) is 54.9 Å². The van der Waals surface area contributed by atoms with Crippen LogP contribution < -0.4 is 21.6 Å². The summed E-state index contributed by atoms with van der Waals surface area (Å²) in [4.78, 5) is 4.51. The number of nitriles is 1. The van der Waals surface area contributed by atoms with Gasteiger partial charge < -0.3 is 16.1 Å². The lowest BCUT2D eigenvalue weighted by Crippen LogP contribution is -2.38. The predicted octanol–water partition coefficient (Wildman–Crippen LogP) is 6.50. The molecule has 2 fully saturated rings. The molecule has 2 heterocycles. The van der Waals surface area contributed by atoms with Gasteiger partial charge in [0.1, 0.15) is 6.07 Å². The second-order valence-electron chi connectivity index (χ2n) is 10.6. The highest BCUT2D eigenvalue weighted by atomic mass is 35.5. The van der Waals surface area contributed by atoms with Crippen molar-refractivity contribution in [1.82, 2.24) is 21.0 Å². The zero-order valence-corrected chi connectivity index (χ0v) is 22.1. The summed E-state index contributed by atoms with van der Waals surface area (Å²) in [5.74, 6) is 0. The highest BCUT2D eigenvalue weighted by Gasteiger charge is 2.33. The molecule has 0 spiro atoms. The topological polar surface area (TPSA) is 88.0 Å². The Kier molecular flexibility index (Phi) is 6.28. The molecule has 190 valence electrons. The van der Waals surface area contributed by atoms with Gasteiger partial charge in [-0.15, -0.1) is 5.53 Å². The third-order valence-electron chi connectivity index (χ3n) is 7.68. The van der Waals surface area contributed by atoms with Crippen LogP contribution in [0.5, 0.6) is 0 Å². The molecule has 2 aromatic carbocycles. The molecule has 4 N–H and O–H groups in total. The lowest BCUT2D eigenvalue weighted by Gasteiger charge is -2.38. The molecule has 2 aliphatic carbocycles. The standard InChI is InChI=1S/C28H29Cl2N7/c1-28(9-4-10-28)16-33-25-17(13-31)14-32-26-21(25)11-18(12-23(26)30)34-27(20-5-2-3-6-22(20)29)24-15-37(36-35-24)19-7-8-19/h2-3,5-6,11-12,14-15,19,27,34-36H,4,7-10,16H2,1H3,(H,32,33). The molecule has 1 atom stereocenters. The lowest BCUT2D eigenvalue weighted by molar-refractivity contribution is 0.180. The summed E-state index contributed by atoms with van der Waals surface area (Å²) in [6, 6.07) is 14.3. The van der Waals surface area contributed by atoms with Crippen molar-refractivity contribution in [2.75, 3.05) is 17.2 Å². The van der Waals surface area contributed by atoms with E-state index in [1.54, 1.807) is 6.20 Å². The number of aromatic nitrogens is 1. The Morgan fingerprint density at radius 1 is 1.22 bits per heavy atom. The van der Waals surface area contributed by atoms with Crippen molar-refractivity contribution < 1.29 is 0 Å². The Morgan fingerprint density at radius 2 is 2.03 bits per heavy atom. The van der Waals surface area contributed by atoms with Crippen LogP contribution in [-0.2, 0) is 0 Å². The van der Waals surface area contributed by atoms with E-state index < -0.39 is 0 Å². The number of fused-ring (bicyclic) bond motifs is 1. The average molecular weight is 534 g/mol. The molecule has 3 aromatic rings. The first-order valence-electron chi connectivity index (χ1n) is 12.7. The number of nitrogens with one attached hydrogen (secondary N) is 4. The van der Waals surface area contributed by atoms with Crippen LogP contribution in [-0.4, -0.2) is 22.6 Å². The monoisotopic (exact) mass is 533 g/mol. The summed E-state index contributed by atoms with van der Waals surface area (Å²) in [5.41, 5.74) is 11.5. The number of halogens is 2. The molecule has 6 rings (SSSR count). The van der Waals surface area contributed by atoms with E-state index >= 15 is 0 Å². The van der Waals surface area contributed by atoms with E-state index in [2.05, 4.69) is 50.8 Å². The average Bonchev–Trinajstić information content (AvgIpc) is 3.62. The number of anilines is 2. The normalized spacial score (nSPS) is 19.0. The van der Waals surface area contributed by atoms with E-state index in [0.29, 0.717) is 27.2 Å². The SMILES string of the molecule is CC1(CNc2c(C#N)cnc3c(Cl)cc(NC(C4=CN(C5CC5)NN4)c4ccccc4Cl)cc23)CCC1. The van der Waals surface area contributed by atoms with Crippen LogP contribution in [0.1, 0.15) is 56.2 Å². The Bertz CT molecular complexity index is 1420. The molecule has 1 aromatic heterocycles. The number of benzene rings is 2. The van der Waals surface area contributed by atoms with Crippen LogP contribution in [0.25, 0.3) is 10.9 Å². The summed E-state index contributed by atoms with van der Waals surface area (Å²) >= 11 is 13.4. The first kappa shape index (κ1) is 24.2. The molecular weight excluding hydrogens is 505 g/mol. The van der Waals surface area contributed by atoms with Crippen LogP contribution in [0.3, 0.4) is 0 Å². The molecule has 0 amide bonds. The smallest absolute Gasteiger partial charge is 0.103 e. The van der Waals surface area contributed by atoms with Gasteiger partial charge in [-0.25, -0.2) is 0 Å². The Labute approximate surface area is 226 Å². The molecule has 0 saturated heterocycles. The number of hydrogen-bond acceptors (Lipinski definition) is 7. The highest BCUT2D eigenvalue weighted by molar-refractivity contribution is 6.36. The lowest BCUT2D eigenvalue weighted by atomic mass is 9.70. The molecule has 0 radical (unpaired) electrons. The van der Waals surface area contributed by atoms with Crippen LogP contribution in [0, 0.1) is 16.7 Å². The van der Waals surface area contributed by atoms with Gasteiger partial charge in [0.25, 0.3) is 0 Å². The highest BCUT2D eigenvalue weighted by Crippen LogP contribution is 2.42. The van der Waals surface area contributed by atoms with E-state index in [1.807, 2.05) is 36.4 Å². The summed E-state index contributed by atoms with van der Waals surface area (Å²) < 4.78 is 0. The number of nitrogens with zero attached hydrogens (tertiary/aromatic N) is 3. The van der Waals surface area contributed by atoms with Gasteiger partial charge in [0.15, 0.2) is 0 Å². The number of rotatable bonds is 8. The molecular formula is C28H29Cl2N7. The van der Waals surface area contributed by atoms with Gasteiger partial charge in [-0.2, -0.15) is 5.26 Å². The fourth-order valence-corrected chi connectivity index (χ4v) is 5.63. The minimum absolute atomic E-state index is 0.248. The maximum absolute atomic E-state index is 9.84. The van der Waals surface area contributed by atoms with Gasteiger partial charge in [-0.3, -0.25) is 9.99 Å². The fourth-order valence-electron chi connectivity index (χ4n) is 5.12. The number of hydrazine groups is 2. The minimum Gasteiger partial charge on any atom is -0.383 e. The fraction of sp³-hybridized carbons (Fsp3) is 0.357. The second-order valence-corrected chi connectivity index (χ2v) is 11.4. The molecule has 0 bridgehead atoms. The summed E-state index contributed by atoms with van der Waals surface area (Å²) in [6.45, 7) is 3.09. The zero-order chi connectivity index (χ0) is 25.6. The van der Waals surface area contributed by atoms with Crippen LogP contribution >= 0.6 is 23.2 Å². The Morgan fingerprint density at radius 3 is 2.73 bits per heavy atom. The summed E-state index contributed by atoms with van der Waals surface area (Å²) in [5, 5.41) is 21.2. The maximum Gasteiger partial charge on any atom is 0.103 e. The first-order chi connectivity index (χ1) is 17.9. The van der Waals surface area contributed by atoms with Gasteiger partial charge in [-0.1, -0.05) is 54.7 Å². The van der Waals surface area contributed by atoms with Crippen molar-refractivity contribution in [2.45, 2.75) is 51.1 Å². The van der Waals surface area contributed by atoms with E-state index in [0.717, 1.165) is 34.6 Å². The van der Waals surface area contributed by atoms with Gasteiger partial charge >= 0.3 is 0 Å². The van der Waals surface area contributed by atoms with Crippen molar-refractivity contribution in [2.24, 2.45) is 5.41 Å². The van der Waals surface area contributed by atoms with Gasteiger partial charge in [0.2, 0.25) is 0 Å². The Balaban J connectivity index is 1.39. The van der Waals surface area contributed by atoms with Crippen LogP contribution in [0.2, 0.25) is 10.0 Å². The van der Waals surface area contributed by atoms with Crippen LogP contribution in [0.4, 0.5) is 11.4 Å². The molecule has 7 nitrogen and oxygen atoms in total. The first-order valence-corrected chi connectivity index (χ1v) is 13.5. The molecule has 37 heavy (non-hydrogen) atoms.